The molecule has 2 unspecified atom stereocenters. The molecule has 0 bridgehead atoms. The summed E-state index contributed by atoms with van der Waals surface area (Å²) in [6, 6.07) is 10.3. The fourth-order valence-electron chi connectivity index (χ4n) is 3.75. The van der Waals surface area contributed by atoms with Crippen LogP contribution in [0.4, 0.5) is 0 Å². The van der Waals surface area contributed by atoms with Gasteiger partial charge in [-0.25, -0.2) is 0 Å². The van der Waals surface area contributed by atoms with E-state index in [0.717, 1.165) is 43.6 Å². The Morgan fingerprint density at radius 3 is 2.47 bits per heavy atom. The second kappa shape index (κ2) is 12.8. The smallest absolute Gasteiger partial charge is 0.191 e. The van der Waals surface area contributed by atoms with Crippen LogP contribution < -0.4 is 10.6 Å². The van der Waals surface area contributed by atoms with Gasteiger partial charge in [0.25, 0.3) is 0 Å². The van der Waals surface area contributed by atoms with E-state index < -0.39 is 6.10 Å². The highest BCUT2D eigenvalue weighted by molar-refractivity contribution is 14.0. The monoisotopic (exact) mass is 545 g/mol. The third kappa shape index (κ3) is 7.33. The molecule has 3 rings (SSSR count). The molecule has 0 spiro atoms. The van der Waals surface area contributed by atoms with Gasteiger partial charge in [-0.1, -0.05) is 32.0 Å². The van der Waals surface area contributed by atoms with Gasteiger partial charge in [0.15, 0.2) is 5.96 Å². The van der Waals surface area contributed by atoms with Crippen LogP contribution in [0, 0.1) is 5.92 Å². The maximum atomic E-state index is 10.6. The van der Waals surface area contributed by atoms with E-state index in [4.69, 9.17) is 0 Å². The summed E-state index contributed by atoms with van der Waals surface area (Å²) < 4.78 is 1.21. The number of aliphatic hydroxyl groups is 1. The summed E-state index contributed by atoms with van der Waals surface area (Å²) in [5.41, 5.74) is 0. The molecule has 30 heavy (non-hydrogen) atoms. The molecule has 0 radical (unpaired) electrons. The number of rotatable bonds is 8. The molecule has 1 fully saturated rings. The summed E-state index contributed by atoms with van der Waals surface area (Å²) in [5.74, 6) is 1.28. The molecule has 0 aliphatic carbocycles. The first-order chi connectivity index (χ1) is 14.1. The number of aliphatic hydroxyl groups excluding tert-OH is 1. The standard InChI is InChI=1S/C22H35N5OS.HI/c1-4-26-9-11-27(12-10-26)16-17(2)14-24-22(23-3)25-15-19(28)21-13-18-7-5-6-8-20(18)29-21;/h5-8,13,17,19,28H,4,9-12,14-16H2,1-3H3,(H2,23,24,25);1H. The Hall–Kier alpha value is -0.940. The van der Waals surface area contributed by atoms with Gasteiger partial charge in [-0.3, -0.25) is 4.99 Å². The van der Waals surface area contributed by atoms with Gasteiger partial charge in [0.2, 0.25) is 0 Å². The number of benzene rings is 1. The van der Waals surface area contributed by atoms with Crippen LogP contribution in [0.2, 0.25) is 0 Å². The lowest BCUT2D eigenvalue weighted by Gasteiger charge is -2.35. The van der Waals surface area contributed by atoms with Crippen LogP contribution in [0.5, 0.6) is 0 Å². The molecule has 1 aliphatic rings. The van der Waals surface area contributed by atoms with Crippen molar-refractivity contribution < 1.29 is 5.11 Å². The van der Waals surface area contributed by atoms with Crippen molar-refractivity contribution in [1.29, 1.82) is 0 Å². The van der Waals surface area contributed by atoms with Crippen LogP contribution in [-0.4, -0.2) is 80.3 Å². The van der Waals surface area contributed by atoms with Gasteiger partial charge in [-0.05, 0) is 30.0 Å². The number of aliphatic imine (C=N–C) groups is 1. The number of hydrogen-bond donors (Lipinski definition) is 3. The normalized spacial score (nSPS) is 18.1. The number of piperazine rings is 1. The summed E-state index contributed by atoms with van der Waals surface area (Å²) in [4.78, 5) is 10.3. The summed E-state index contributed by atoms with van der Waals surface area (Å²) in [7, 11) is 1.77. The van der Waals surface area contributed by atoms with Gasteiger partial charge < -0.3 is 25.5 Å². The van der Waals surface area contributed by atoms with Crippen molar-refractivity contribution in [2.75, 3.05) is 59.4 Å². The van der Waals surface area contributed by atoms with E-state index in [2.05, 4.69) is 57.5 Å². The van der Waals surface area contributed by atoms with Gasteiger partial charge in [0, 0.05) is 62.4 Å². The van der Waals surface area contributed by atoms with Gasteiger partial charge in [-0.2, -0.15) is 0 Å². The van der Waals surface area contributed by atoms with E-state index in [1.54, 1.807) is 18.4 Å². The second-order valence-corrected chi connectivity index (χ2v) is 8.99. The summed E-state index contributed by atoms with van der Waals surface area (Å²) in [6.45, 7) is 12.7. The molecule has 8 heteroatoms. The topological polar surface area (TPSA) is 63.1 Å². The number of guanidine groups is 1. The molecule has 6 nitrogen and oxygen atoms in total. The molecule has 2 heterocycles. The molecule has 1 aromatic heterocycles. The molecule has 2 aromatic rings. The van der Waals surface area contributed by atoms with Crippen LogP contribution in [0.3, 0.4) is 0 Å². The summed E-state index contributed by atoms with van der Waals surface area (Å²) in [5, 5.41) is 18.4. The third-order valence-corrected chi connectivity index (χ3v) is 6.78. The second-order valence-electron chi connectivity index (χ2n) is 7.88. The van der Waals surface area contributed by atoms with Crippen molar-refractivity contribution in [3.8, 4) is 0 Å². The van der Waals surface area contributed by atoms with Gasteiger partial charge >= 0.3 is 0 Å². The van der Waals surface area contributed by atoms with Crippen LogP contribution in [0.15, 0.2) is 35.3 Å². The van der Waals surface area contributed by atoms with Crippen molar-refractivity contribution >= 4 is 51.4 Å². The first-order valence-corrected chi connectivity index (χ1v) is 11.5. The Balaban J connectivity index is 0.00000320. The highest BCUT2D eigenvalue weighted by atomic mass is 127. The molecular formula is C22H36IN5OS. The predicted octanol–water partition coefficient (Wildman–Crippen LogP) is 2.99. The number of halogens is 1. The fraction of sp³-hybridized carbons (Fsp3) is 0.591. The largest absolute Gasteiger partial charge is 0.386 e. The Kier molecular flexibility index (Phi) is 10.8. The molecule has 1 aliphatic heterocycles. The van der Waals surface area contributed by atoms with Gasteiger partial charge in [0.1, 0.15) is 6.10 Å². The highest BCUT2D eigenvalue weighted by Gasteiger charge is 2.18. The quantitative estimate of drug-likeness (QED) is 0.271. The van der Waals surface area contributed by atoms with E-state index in [-0.39, 0.29) is 24.0 Å². The third-order valence-electron chi connectivity index (χ3n) is 5.56. The lowest BCUT2D eigenvalue weighted by atomic mass is 10.1. The minimum absolute atomic E-state index is 0. The molecule has 0 amide bonds. The Bertz CT molecular complexity index is 758. The molecule has 3 N–H and O–H groups in total. The lowest BCUT2D eigenvalue weighted by Crippen LogP contribution is -2.48. The maximum absolute atomic E-state index is 10.6. The number of hydrogen-bond acceptors (Lipinski definition) is 5. The van der Waals surface area contributed by atoms with Crippen LogP contribution in [0.25, 0.3) is 10.1 Å². The Labute approximate surface area is 201 Å². The summed E-state index contributed by atoms with van der Waals surface area (Å²) >= 11 is 1.64. The molecule has 2 atom stereocenters. The van der Waals surface area contributed by atoms with Gasteiger partial charge in [-0.15, -0.1) is 35.3 Å². The summed E-state index contributed by atoms with van der Waals surface area (Å²) in [6.07, 6.45) is -0.543. The van der Waals surface area contributed by atoms with E-state index in [9.17, 15) is 5.11 Å². The predicted molar refractivity (Wildman–Crippen MR) is 139 cm³/mol. The average molecular weight is 546 g/mol. The van der Waals surface area contributed by atoms with Crippen LogP contribution in [0.1, 0.15) is 24.8 Å². The van der Waals surface area contributed by atoms with Crippen molar-refractivity contribution in [1.82, 2.24) is 20.4 Å². The first-order valence-electron chi connectivity index (χ1n) is 10.6. The number of nitrogens with one attached hydrogen (secondary N) is 2. The van der Waals surface area contributed by atoms with Crippen LogP contribution in [-0.2, 0) is 0 Å². The zero-order valence-corrected chi connectivity index (χ0v) is 21.5. The number of likely N-dealkylation sites (N-methyl/N-ethyl adjacent to an activating group) is 1. The number of nitrogens with zero attached hydrogens (tertiary/aromatic N) is 3. The maximum Gasteiger partial charge on any atom is 0.191 e. The zero-order chi connectivity index (χ0) is 20.6. The van der Waals surface area contributed by atoms with E-state index in [1.165, 1.54) is 23.2 Å². The van der Waals surface area contributed by atoms with Crippen LogP contribution >= 0.6 is 35.3 Å². The molecular weight excluding hydrogens is 509 g/mol. The fourth-order valence-corrected chi connectivity index (χ4v) is 4.80. The van der Waals surface area contributed by atoms with Crippen molar-refractivity contribution in [2.24, 2.45) is 10.9 Å². The van der Waals surface area contributed by atoms with E-state index >= 15 is 0 Å². The lowest BCUT2D eigenvalue weighted by molar-refractivity contribution is 0.124. The average Bonchev–Trinajstić information content (AvgIpc) is 3.18. The molecule has 0 saturated carbocycles. The minimum Gasteiger partial charge on any atom is -0.386 e. The highest BCUT2D eigenvalue weighted by Crippen LogP contribution is 2.29. The molecule has 1 aromatic carbocycles. The molecule has 1 saturated heterocycles. The van der Waals surface area contributed by atoms with Crippen molar-refractivity contribution in [3.63, 3.8) is 0 Å². The minimum atomic E-state index is -0.543. The van der Waals surface area contributed by atoms with Crippen molar-refractivity contribution in [3.05, 3.63) is 35.2 Å². The Morgan fingerprint density at radius 2 is 1.80 bits per heavy atom. The number of thiophene rings is 1. The Morgan fingerprint density at radius 1 is 1.13 bits per heavy atom. The van der Waals surface area contributed by atoms with Crippen molar-refractivity contribution in [2.45, 2.75) is 20.0 Å². The van der Waals surface area contributed by atoms with Gasteiger partial charge in [0.05, 0.1) is 0 Å². The van der Waals surface area contributed by atoms with E-state index in [0.29, 0.717) is 12.5 Å². The zero-order valence-electron chi connectivity index (χ0n) is 18.3. The SMILES string of the molecule is CCN1CCN(CC(C)CNC(=NC)NCC(O)c2cc3ccccc3s2)CC1.I. The van der Waals surface area contributed by atoms with E-state index in [1.807, 2.05) is 12.1 Å². The molecule has 168 valence electrons. The first kappa shape index (κ1) is 25.3. The number of fused-ring (bicyclic) bond motifs is 1.